The maximum atomic E-state index is 4.40. The van der Waals surface area contributed by atoms with Gasteiger partial charge in [-0.15, -0.1) is 5.10 Å². The van der Waals surface area contributed by atoms with Crippen LogP contribution in [0.1, 0.15) is 5.56 Å². The molecule has 3 aromatic rings. The molecule has 5 heteroatoms. The summed E-state index contributed by atoms with van der Waals surface area (Å²) in [5.41, 5.74) is 3.08. The molecule has 2 aromatic carbocycles. The van der Waals surface area contributed by atoms with Gasteiger partial charge in [0.2, 0.25) is 5.95 Å². The molecule has 0 bridgehead atoms. The molecule has 21 heavy (non-hydrogen) atoms. The van der Waals surface area contributed by atoms with Crippen molar-refractivity contribution in [1.82, 2.24) is 15.2 Å². The summed E-state index contributed by atoms with van der Waals surface area (Å²) in [6.45, 7) is 2.05. The van der Waals surface area contributed by atoms with Crippen molar-refractivity contribution in [3.05, 3.63) is 66.4 Å². The molecule has 0 atom stereocenters. The summed E-state index contributed by atoms with van der Waals surface area (Å²) in [6.07, 6.45) is 1.60. The third-order valence-electron chi connectivity index (χ3n) is 2.88. The fraction of sp³-hybridized carbons (Fsp3) is 0.0625. The van der Waals surface area contributed by atoms with Crippen molar-refractivity contribution < 1.29 is 0 Å². The van der Waals surface area contributed by atoms with Crippen molar-refractivity contribution in [3.8, 4) is 0 Å². The molecule has 0 saturated heterocycles. The van der Waals surface area contributed by atoms with Gasteiger partial charge in [0.05, 0.1) is 6.20 Å². The Morgan fingerprint density at radius 3 is 2.48 bits per heavy atom. The molecule has 5 nitrogen and oxygen atoms in total. The number of anilines is 4. The highest BCUT2D eigenvalue weighted by Crippen LogP contribution is 2.17. The molecule has 0 aliphatic carbocycles. The first-order chi connectivity index (χ1) is 10.3. The molecule has 0 amide bonds. The summed E-state index contributed by atoms with van der Waals surface area (Å²) >= 11 is 0. The molecule has 1 heterocycles. The highest BCUT2D eigenvalue weighted by atomic mass is 15.3. The van der Waals surface area contributed by atoms with Gasteiger partial charge in [-0.1, -0.05) is 30.3 Å². The average Bonchev–Trinajstić information content (AvgIpc) is 2.49. The number of aryl methyl sites for hydroxylation is 1. The van der Waals surface area contributed by atoms with Gasteiger partial charge in [-0.3, -0.25) is 0 Å². The third-order valence-corrected chi connectivity index (χ3v) is 2.88. The number of nitrogens with one attached hydrogen (secondary N) is 2. The zero-order valence-electron chi connectivity index (χ0n) is 11.6. The minimum atomic E-state index is 0.457. The highest BCUT2D eigenvalue weighted by molar-refractivity contribution is 5.58. The van der Waals surface area contributed by atoms with Crippen LogP contribution in [0.25, 0.3) is 0 Å². The maximum absolute atomic E-state index is 4.40. The van der Waals surface area contributed by atoms with Gasteiger partial charge in [0, 0.05) is 11.4 Å². The molecular formula is C16H15N5. The average molecular weight is 277 g/mol. The van der Waals surface area contributed by atoms with Crippen LogP contribution >= 0.6 is 0 Å². The van der Waals surface area contributed by atoms with Crippen LogP contribution < -0.4 is 10.6 Å². The monoisotopic (exact) mass is 277 g/mol. The van der Waals surface area contributed by atoms with Crippen LogP contribution in [0, 0.1) is 6.92 Å². The third kappa shape index (κ3) is 3.54. The van der Waals surface area contributed by atoms with E-state index < -0.39 is 0 Å². The minimum absolute atomic E-state index is 0.457. The van der Waals surface area contributed by atoms with Crippen LogP contribution in [0.3, 0.4) is 0 Å². The molecule has 0 saturated carbocycles. The van der Waals surface area contributed by atoms with Crippen molar-refractivity contribution in [3.63, 3.8) is 0 Å². The quantitative estimate of drug-likeness (QED) is 0.762. The van der Waals surface area contributed by atoms with E-state index in [0.717, 1.165) is 11.4 Å². The van der Waals surface area contributed by atoms with Crippen molar-refractivity contribution in [2.45, 2.75) is 6.92 Å². The molecule has 0 aliphatic heterocycles. The van der Waals surface area contributed by atoms with Gasteiger partial charge in [0.15, 0.2) is 5.82 Å². The Balaban J connectivity index is 1.77. The molecule has 3 rings (SSSR count). The Kier molecular flexibility index (Phi) is 3.73. The zero-order valence-corrected chi connectivity index (χ0v) is 11.6. The molecule has 0 unspecified atom stereocenters. The smallest absolute Gasteiger partial charge is 0.249 e. The first kappa shape index (κ1) is 13.1. The van der Waals surface area contributed by atoms with Crippen LogP contribution in [0.15, 0.2) is 60.8 Å². The second kappa shape index (κ2) is 6.00. The fourth-order valence-electron chi connectivity index (χ4n) is 1.94. The topological polar surface area (TPSA) is 62.7 Å². The van der Waals surface area contributed by atoms with Gasteiger partial charge < -0.3 is 10.6 Å². The van der Waals surface area contributed by atoms with E-state index in [9.17, 15) is 0 Å². The summed E-state index contributed by atoms with van der Waals surface area (Å²) in [4.78, 5) is 4.40. The number of hydrogen-bond donors (Lipinski definition) is 2. The predicted molar refractivity (Wildman–Crippen MR) is 84.0 cm³/mol. The van der Waals surface area contributed by atoms with Gasteiger partial charge in [-0.05, 0) is 36.8 Å². The van der Waals surface area contributed by atoms with Gasteiger partial charge >= 0.3 is 0 Å². The maximum Gasteiger partial charge on any atom is 0.249 e. The van der Waals surface area contributed by atoms with Gasteiger partial charge in [-0.25, -0.2) is 0 Å². The number of benzene rings is 2. The Morgan fingerprint density at radius 2 is 1.67 bits per heavy atom. The van der Waals surface area contributed by atoms with Gasteiger partial charge in [0.25, 0.3) is 0 Å². The first-order valence-corrected chi connectivity index (χ1v) is 6.65. The largest absolute Gasteiger partial charge is 0.339 e. The summed E-state index contributed by atoms with van der Waals surface area (Å²) < 4.78 is 0. The summed E-state index contributed by atoms with van der Waals surface area (Å²) in [5.74, 6) is 1.10. The Morgan fingerprint density at radius 1 is 0.857 bits per heavy atom. The number of aromatic nitrogens is 3. The lowest BCUT2D eigenvalue weighted by atomic mass is 10.2. The normalized spacial score (nSPS) is 10.1. The van der Waals surface area contributed by atoms with Crippen molar-refractivity contribution in [2.24, 2.45) is 0 Å². The number of rotatable bonds is 4. The van der Waals surface area contributed by atoms with Crippen LogP contribution in [-0.2, 0) is 0 Å². The summed E-state index contributed by atoms with van der Waals surface area (Å²) in [6, 6.07) is 17.8. The zero-order chi connectivity index (χ0) is 14.5. The van der Waals surface area contributed by atoms with Crippen molar-refractivity contribution in [1.29, 1.82) is 0 Å². The lowest BCUT2D eigenvalue weighted by Gasteiger charge is -2.08. The Bertz CT molecular complexity index is 727. The lowest BCUT2D eigenvalue weighted by Crippen LogP contribution is -2.02. The molecule has 0 radical (unpaired) electrons. The molecule has 0 fully saturated rings. The first-order valence-electron chi connectivity index (χ1n) is 6.65. The second-order valence-corrected chi connectivity index (χ2v) is 4.65. The molecule has 0 spiro atoms. The van der Waals surface area contributed by atoms with E-state index in [1.54, 1.807) is 6.20 Å². The van der Waals surface area contributed by atoms with E-state index >= 15 is 0 Å². The molecular weight excluding hydrogens is 262 g/mol. The number of nitrogens with zero attached hydrogens (tertiary/aromatic N) is 3. The van der Waals surface area contributed by atoms with Gasteiger partial charge in [0.1, 0.15) is 0 Å². The van der Waals surface area contributed by atoms with E-state index in [4.69, 9.17) is 0 Å². The van der Waals surface area contributed by atoms with E-state index in [2.05, 4.69) is 25.8 Å². The van der Waals surface area contributed by atoms with E-state index in [1.165, 1.54) is 5.56 Å². The van der Waals surface area contributed by atoms with E-state index in [1.807, 2.05) is 61.5 Å². The van der Waals surface area contributed by atoms with Crippen molar-refractivity contribution >= 4 is 23.1 Å². The van der Waals surface area contributed by atoms with Gasteiger partial charge in [-0.2, -0.15) is 10.1 Å². The lowest BCUT2D eigenvalue weighted by molar-refractivity contribution is 0.982. The molecule has 1 aromatic heterocycles. The predicted octanol–water partition coefficient (Wildman–Crippen LogP) is 3.67. The standard InChI is InChI=1S/C16H15N5/c1-12-6-5-9-14(10-12)18-15-11-17-21-16(20-15)19-13-7-3-2-4-8-13/h2-11H,1H3,(H2,18,19,20,21). The van der Waals surface area contributed by atoms with Crippen LogP contribution in [-0.4, -0.2) is 15.2 Å². The van der Waals surface area contributed by atoms with E-state index in [0.29, 0.717) is 11.8 Å². The minimum Gasteiger partial charge on any atom is -0.339 e. The Labute approximate surface area is 123 Å². The number of para-hydroxylation sites is 1. The SMILES string of the molecule is Cc1cccc(Nc2cnnc(Nc3ccccc3)n2)c1. The molecule has 0 aliphatic rings. The second-order valence-electron chi connectivity index (χ2n) is 4.65. The Hall–Kier alpha value is -2.95. The number of hydrogen-bond acceptors (Lipinski definition) is 5. The molecule has 104 valence electrons. The van der Waals surface area contributed by atoms with Crippen LogP contribution in [0.5, 0.6) is 0 Å². The summed E-state index contributed by atoms with van der Waals surface area (Å²) in [5, 5.41) is 14.3. The van der Waals surface area contributed by atoms with Crippen LogP contribution in [0.4, 0.5) is 23.1 Å². The fourth-order valence-corrected chi connectivity index (χ4v) is 1.94. The molecule has 2 N–H and O–H groups in total. The summed E-state index contributed by atoms with van der Waals surface area (Å²) in [7, 11) is 0. The van der Waals surface area contributed by atoms with E-state index in [-0.39, 0.29) is 0 Å². The van der Waals surface area contributed by atoms with Crippen LogP contribution in [0.2, 0.25) is 0 Å². The highest BCUT2D eigenvalue weighted by Gasteiger charge is 2.02. The van der Waals surface area contributed by atoms with Crippen molar-refractivity contribution in [2.75, 3.05) is 10.6 Å².